The van der Waals surface area contributed by atoms with E-state index in [0.717, 1.165) is 27.8 Å². The number of aromatic nitrogens is 1. The second-order valence-electron chi connectivity index (χ2n) is 6.68. The third-order valence-electron chi connectivity index (χ3n) is 4.17. The Balaban J connectivity index is 2.02. The van der Waals surface area contributed by atoms with Crippen molar-refractivity contribution in [2.24, 2.45) is 0 Å². The number of rotatable bonds is 5. The molecule has 0 bridgehead atoms. The molecule has 27 heavy (non-hydrogen) atoms. The summed E-state index contributed by atoms with van der Waals surface area (Å²) in [7, 11) is 0. The number of benzene rings is 2. The highest BCUT2D eigenvalue weighted by Crippen LogP contribution is 2.26. The van der Waals surface area contributed by atoms with Crippen molar-refractivity contribution < 1.29 is 9.59 Å². The number of amides is 2. The van der Waals surface area contributed by atoms with Crippen LogP contribution >= 0.6 is 0 Å². The lowest BCUT2D eigenvalue weighted by Gasteiger charge is -2.12. The molecule has 1 heterocycles. The minimum Gasteiger partial charge on any atom is -0.350 e. The van der Waals surface area contributed by atoms with E-state index in [1.54, 1.807) is 0 Å². The summed E-state index contributed by atoms with van der Waals surface area (Å²) in [4.78, 5) is 28.9. The summed E-state index contributed by atoms with van der Waals surface area (Å²) in [5.41, 5.74) is 3.72. The number of fused-ring (bicyclic) bond motifs is 1. The smallest absolute Gasteiger partial charge is 0.252 e. The van der Waals surface area contributed by atoms with Gasteiger partial charge in [-0.15, -0.1) is 0 Å². The molecule has 0 saturated carbocycles. The van der Waals surface area contributed by atoms with Gasteiger partial charge in [0.2, 0.25) is 5.91 Å². The van der Waals surface area contributed by atoms with Crippen molar-refractivity contribution in [3.05, 3.63) is 60.2 Å². The SMILES string of the molecule is CCC(=O)Nc1ccc(-c2cc(C(=O)NC(C)C)c3ccccc3n2)cc1. The van der Waals surface area contributed by atoms with E-state index < -0.39 is 0 Å². The molecule has 2 N–H and O–H groups in total. The van der Waals surface area contributed by atoms with E-state index >= 15 is 0 Å². The van der Waals surface area contributed by atoms with Crippen LogP contribution in [-0.2, 0) is 4.79 Å². The maximum atomic E-state index is 12.7. The van der Waals surface area contributed by atoms with Crippen molar-refractivity contribution in [3.63, 3.8) is 0 Å². The summed E-state index contributed by atoms with van der Waals surface area (Å²) in [6.45, 7) is 5.68. The molecule has 0 aliphatic carbocycles. The number of nitrogens with one attached hydrogen (secondary N) is 2. The fraction of sp³-hybridized carbons (Fsp3) is 0.227. The van der Waals surface area contributed by atoms with Crippen molar-refractivity contribution in [2.45, 2.75) is 33.2 Å². The summed E-state index contributed by atoms with van der Waals surface area (Å²) in [5, 5.41) is 6.61. The summed E-state index contributed by atoms with van der Waals surface area (Å²) in [6, 6.07) is 17.0. The number of carbonyl (C=O) groups is 2. The lowest BCUT2D eigenvalue weighted by atomic mass is 10.0. The second kappa shape index (κ2) is 7.99. The topological polar surface area (TPSA) is 71.1 Å². The van der Waals surface area contributed by atoms with Crippen molar-refractivity contribution in [1.82, 2.24) is 10.3 Å². The Kier molecular flexibility index (Phi) is 5.50. The fourth-order valence-corrected chi connectivity index (χ4v) is 2.82. The molecule has 3 aromatic rings. The maximum absolute atomic E-state index is 12.7. The molecule has 0 saturated heterocycles. The first kappa shape index (κ1) is 18.6. The number of carbonyl (C=O) groups excluding carboxylic acids is 2. The van der Waals surface area contributed by atoms with Crippen LogP contribution < -0.4 is 10.6 Å². The van der Waals surface area contributed by atoms with Crippen molar-refractivity contribution in [2.75, 3.05) is 5.32 Å². The van der Waals surface area contributed by atoms with Crippen molar-refractivity contribution in [1.29, 1.82) is 0 Å². The van der Waals surface area contributed by atoms with Gasteiger partial charge in [0.1, 0.15) is 0 Å². The van der Waals surface area contributed by atoms with Gasteiger partial charge < -0.3 is 10.6 Å². The van der Waals surface area contributed by atoms with Crippen LogP contribution in [0.5, 0.6) is 0 Å². The lowest BCUT2D eigenvalue weighted by molar-refractivity contribution is -0.115. The molecule has 3 rings (SSSR count). The largest absolute Gasteiger partial charge is 0.350 e. The molecule has 0 radical (unpaired) electrons. The maximum Gasteiger partial charge on any atom is 0.252 e. The molecule has 1 aromatic heterocycles. The number of pyridine rings is 1. The van der Waals surface area contributed by atoms with E-state index in [1.807, 2.05) is 75.4 Å². The van der Waals surface area contributed by atoms with Crippen LogP contribution in [0.1, 0.15) is 37.6 Å². The Bertz CT molecular complexity index is 979. The van der Waals surface area contributed by atoms with E-state index in [0.29, 0.717) is 12.0 Å². The zero-order valence-electron chi connectivity index (χ0n) is 15.7. The Morgan fingerprint density at radius 3 is 2.41 bits per heavy atom. The van der Waals surface area contributed by atoms with Crippen molar-refractivity contribution >= 4 is 28.4 Å². The predicted molar refractivity (Wildman–Crippen MR) is 109 cm³/mol. The van der Waals surface area contributed by atoms with E-state index in [4.69, 9.17) is 4.98 Å². The number of hydrogen-bond donors (Lipinski definition) is 2. The monoisotopic (exact) mass is 361 g/mol. The van der Waals surface area contributed by atoms with E-state index in [-0.39, 0.29) is 17.9 Å². The van der Waals surface area contributed by atoms with Crippen molar-refractivity contribution in [3.8, 4) is 11.3 Å². The van der Waals surface area contributed by atoms with Gasteiger partial charge in [0.05, 0.1) is 16.8 Å². The first-order chi connectivity index (χ1) is 13.0. The molecule has 0 fully saturated rings. The Morgan fingerprint density at radius 2 is 1.74 bits per heavy atom. The highest BCUT2D eigenvalue weighted by Gasteiger charge is 2.14. The standard InChI is InChI=1S/C22H23N3O2/c1-4-21(26)24-16-11-9-15(10-12-16)20-13-18(22(27)23-14(2)3)17-7-5-6-8-19(17)25-20/h5-14H,4H2,1-3H3,(H,23,27)(H,24,26). The van der Waals surface area contributed by atoms with Crippen LogP contribution in [0, 0.1) is 0 Å². The fourth-order valence-electron chi connectivity index (χ4n) is 2.82. The highest BCUT2D eigenvalue weighted by molar-refractivity contribution is 6.07. The molecule has 0 spiro atoms. The Labute approximate surface area is 158 Å². The molecular weight excluding hydrogens is 338 g/mol. The quantitative estimate of drug-likeness (QED) is 0.708. The first-order valence-electron chi connectivity index (χ1n) is 9.09. The lowest BCUT2D eigenvalue weighted by Crippen LogP contribution is -2.30. The highest BCUT2D eigenvalue weighted by atomic mass is 16.2. The van der Waals surface area contributed by atoms with Gasteiger partial charge in [0, 0.05) is 29.1 Å². The van der Waals surface area contributed by atoms with Crippen LogP contribution in [0.15, 0.2) is 54.6 Å². The van der Waals surface area contributed by atoms with Gasteiger partial charge in [-0.1, -0.05) is 37.3 Å². The second-order valence-corrected chi connectivity index (χ2v) is 6.68. The normalized spacial score (nSPS) is 10.8. The van der Waals surface area contributed by atoms with Gasteiger partial charge >= 0.3 is 0 Å². The molecule has 0 aliphatic rings. The number of nitrogens with zero attached hydrogens (tertiary/aromatic N) is 1. The molecule has 5 heteroatoms. The molecule has 5 nitrogen and oxygen atoms in total. The van der Waals surface area contributed by atoms with Gasteiger partial charge in [-0.25, -0.2) is 4.98 Å². The Hall–Kier alpha value is -3.21. The minimum atomic E-state index is -0.114. The molecule has 0 aliphatic heterocycles. The zero-order chi connectivity index (χ0) is 19.4. The van der Waals surface area contributed by atoms with E-state index in [1.165, 1.54) is 0 Å². The van der Waals surface area contributed by atoms with E-state index in [2.05, 4.69) is 10.6 Å². The molecule has 0 unspecified atom stereocenters. The van der Waals surface area contributed by atoms with Gasteiger partial charge in [-0.05, 0) is 38.1 Å². The van der Waals surface area contributed by atoms with Crippen LogP contribution in [0.2, 0.25) is 0 Å². The molecule has 0 atom stereocenters. The Morgan fingerprint density at radius 1 is 1.04 bits per heavy atom. The number of anilines is 1. The van der Waals surface area contributed by atoms with Crippen LogP contribution in [0.4, 0.5) is 5.69 Å². The van der Waals surface area contributed by atoms with E-state index in [9.17, 15) is 9.59 Å². The molecule has 138 valence electrons. The predicted octanol–water partition coefficient (Wildman–Crippen LogP) is 4.39. The van der Waals surface area contributed by atoms with Crippen LogP contribution in [-0.4, -0.2) is 22.8 Å². The van der Waals surface area contributed by atoms with Gasteiger partial charge in [-0.2, -0.15) is 0 Å². The average molecular weight is 361 g/mol. The summed E-state index contributed by atoms with van der Waals surface area (Å²) in [6.07, 6.45) is 0.433. The third kappa shape index (κ3) is 4.31. The molecule has 2 amide bonds. The number of hydrogen-bond acceptors (Lipinski definition) is 3. The molecule has 2 aromatic carbocycles. The van der Waals surface area contributed by atoms with Gasteiger partial charge in [0.25, 0.3) is 5.91 Å². The van der Waals surface area contributed by atoms with Gasteiger partial charge in [0.15, 0.2) is 0 Å². The average Bonchev–Trinajstić information content (AvgIpc) is 2.67. The van der Waals surface area contributed by atoms with Crippen LogP contribution in [0.3, 0.4) is 0 Å². The first-order valence-corrected chi connectivity index (χ1v) is 9.09. The van der Waals surface area contributed by atoms with Gasteiger partial charge in [-0.3, -0.25) is 9.59 Å². The minimum absolute atomic E-state index is 0.0285. The summed E-state index contributed by atoms with van der Waals surface area (Å²) >= 11 is 0. The third-order valence-corrected chi connectivity index (χ3v) is 4.17. The summed E-state index contributed by atoms with van der Waals surface area (Å²) < 4.78 is 0. The zero-order valence-corrected chi connectivity index (χ0v) is 15.7. The summed E-state index contributed by atoms with van der Waals surface area (Å²) in [5.74, 6) is -0.143. The molecular formula is C22H23N3O2. The number of para-hydroxylation sites is 1. The van der Waals surface area contributed by atoms with Crippen LogP contribution in [0.25, 0.3) is 22.2 Å².